The van der Waals surface area contributed by atoms with Crippen LogP contribution in [0.25, 0.3) is 0 Å². The van der Waals surface area contributed by atoms with Crippen LogP contribution < -0.4 is 0 Å². The van der Waals surface area contributed by atoms with E-state index in [9.17, 15) is 0 Å². The average Bonchev–Trinajstić information content (AvgIpc) is 2.34. The van der Waals surface area contributed by atoms with Gasteiger partial charge in [0.1, 0.15) is 0 Å². The van der Waals surface area contributed by atoms with E-state index in [2.05, 4.69) is 16.5 Å². The Balaban J connectivity index is 0.000000810. The van der Waals surface area contributed by atoms with Crippen molar-refractivity contribution < 1.29 is 1.43 Å². The first-order chi connectivity index (χ1) is 4.43. The Kier molecular flexibility index (Phi) is 2.31. The van der Waals surface area contributed by atoms with Crippen molar-refractivity contribution in [3.05, 3.63) is 25.6 Å². The largest absolute Gasteiger partial charge is 1.00 e. The van der Waals surface area contributed by atoms with Gasteiger partial charge >= 0.3 is 1.43 Å². The van der Waals surface area contributed by atoms with Crippen molar-refractivity contribution in [3.8, 4) is 0 Å². The molecule has 1 aromatic rings. The van der Waals surface area contributed by atoms with Crippen LogP contribution >= 0.6 is 0 Å². The van der Waals surface area contributed by atoms with Gasteiger partial charge in [0, 0.05) is 18.9 Å². The zero-order valence-corrected chi connectivity index (χ0v) is 5.45. The van der Waals surface area contributed by atoms with E-state index in [1.165, 1.54) is 0 Å². The topological polar surface area (TPSA) is 17.8 Å². The van der Waals surface area contributed by atoms with Gasteiger partial charge in [-0.2, -0.15) is 0 Å². The van der Waals surface area contributed by atoms with Crippen molar-refractivity contribution in [1.82, 2.24) is 9.55 Å². The van der Waals surface area contributed by atoms with Crippen LogP contribution in [-0.4, -0.2) is 9.55 Å². The lowest BCUT2D eigenvalue weighted by atomic mass is 10.3. The number of hydrogen-bond acceptors (Lipinski definition) is 1. The van der Waals surface area contributed by atoms with Gasteiger partial charge in [0.2, 0.25) is 0 Å². The molecule has 1 aromatic heterocycles. The van der Waals surface area contributed by atoms with E-state index < -0.39 is 0 Å². The first-order valence-corrected chi connectivity index (χ1v) is 3.18. The van der Waals surface area contributed by atoms with E-state index >= 15 is 0 Å². The van der Waals surface area contributed by atoms with Crippen LogP contribution in [0.15, 0.2) is 18.7 Å². The van der Waals surface area contributed by atoms with E-state index in [0.29, 0.717) is 0 Å². The third-order valence-corrected chi connectivity index (χ3v) is 1.23. The predicted molar refractivity (Wildman–Crippen MR) is 37.9 cm³/mol. The van der Waals surface area contributed by atoms with E-state index in [-0.39, 0.29) is 1.43 Å². The first-order valence-electron chi connectivity index (χ1n) is 3.18. The van der Waals surface area contributed by atoms with Crippen molar-refractivity contribution in [2.24, 2.45) is 0 Å². The summed E-state index contributed by atoms with van der Waals surface area (Å²) < 4.78 is 2.06. The third-order valence-electron chi connectivity index (χ3n) is 1.23. The van der Waals surface area contributed by atoms with E-state index in [1.807, 2.05) is 12.5 Å². The number of imidazole rings is 1. The Bertz CT molecular complexity index is 149. The normalized spacial score (nSPS) is 9.89. The molecule has 1 rings (SSSR count). The third kappa shape index (κ3) is 1.88. The fourth-order valence-corrected chi connectivity index (χ4v) is 0.713. The standard InChI is InChI=1S/C7H11N2/c1-2-3-5-9-6-4-8-7-9/h4,6-7H,1-3,5H2/p+1. The molecule has 9 heavy (non-hydrogen) atoms. The molecule has 1 heterocycles. The molecule has 0 aliphatic carbocycles. The lowest BCUT2D eigenvalue weighted by Gasteiger charge is -1.96. The Morgan fingerprint density at radius 2 is 2.56 bits per heavy atom. The highest BCUT2D eigenvalue weighted by Crippen LogP contribution is 1.92. The molecule has 0 unspecified atom stereocenters. The SMILES string of the molecule is [CH2]CCCn1ccnc1.[H+]. The first kappa shape index (κ1) is 6.33. The maximum atomic E-state index is 3.92. The molecule has 2 heteroatoms. The Morgan fingerprint density at radius 3 is 3.11 bits per heavy atom. The van der Waals surface area contributed by atoms with Gasteiger partial charge in [0.25, 0.3) is 0 Å². The van der Waals surface area contributed by atoms with Crippen LogP contribution in [-0.2, 0) is 6.54 Å². The summed E-state index contributed by atoms with van der Waals surface area (Å²) in [4.78, 5) is 3.92. The summed E-state index contributed by atoms with van der Waals surface area (Å²) in [7, 11) is 0. The molecule has 0 atom stereocenters. The molecule has 49 valence electrons. The lowest BCUT2D eigenvalue weighted by molar-refractivity contribution is 0.648. The minimum atomic E-state index is 0. The van der Waals surface area contributed by atoms with Gasteiger partial charge in [-0.05, 0) is 6.42 Å². The maximum Gasteiger partial charge on any atom is 1.00 e. The van der Waals surface area contributed by atoms with E-state index in [1.54, 1.807) is 6.20 Å². The zero-order valence-electron chi connectivity index (χ0n) is 6.45. The highest BCUT2D eigenvalue weighted by molar-refractivity contribution is 4.73. The summed E-state index contributed by atoms with van der Waals surface area (Å²) in [5.74, 6) is 0. The van der Waals surface area contributed by atoms with E-state index in [0.717, 1.165) is 19.4 Å². The molecule has 2 nitrogen and oxygen atoms in total. The minimum Gasteiger partial charge on any atom is -0.337 e. The van der Waals surface area contributed by atoms with Gasteiger partial charge in [-0.25, -0.2) is 4.98 Å². The van der Waals surface area contributed by atoms with Gasteiger partial charge < -0.3 is 4.57 Å². The molecule has 0 aliphatic heterocycles. The maximum absolute atomic E-state index is 3.92. The predicted octanol–water partition coefficient (Wildman–Crippen LogP) is 1.61. The summed E-state index contributed by atoms with van der Waals surface area (Å²) in [6.07, 6.45) is 7.73. The van der Waals surface area contributed by atoms with Crippen LogP contribution in [0.3, 0.4) is 0 Å². The molecule has 0 spiro atoms. The average molecular weight is 124 g/mol. The minimum absolute atomic E-state index is 0. The van der Waals surface area contributed by atoms with Crippen LogP contribution in [0.2, 0.25) is 0 Å². The molecule has 0 saturated heterocycles. The molecular weight excluding hydrogens is 112 g/mol. The second-order valence-electron chi connectivity index (χ2n) is 2.01. The van der Waals surface area contributed by atoms with Crippen molar-refractivity contribution in [1.29, 1.82) is 0 Å². The number of rotatable bonds is 3. The van der Waals surface area contributed by atoms with Gasteiger partial charge in [-0.1, -0.05) is 13.3 Å². The molecule has 0 fully saturated rings. The Labute approximate surface area is 57.0 Å². The number of hydrogen-bond donors (Lipinski definition) is 0. The Hall–Kier alpha value is -0.790. The summed E-state index contributed by atoms with van der Waals surface area (Å²) in [6, 6.07) is 0. The smallest absolute Gasteiger partial charge is 0.337 e. The summed E-state index contributed by atoms with van der Waals surface area (Å²) in [6.45, 7) is 4.80. The highest BCUT2D eigenvalue weighted by Gasteiger charge is 1.85. The fourth-order valence-electron chi connectivity index (χ4n) is 0.713. The molecule has 0 saturated carbocycles. The number of nitrogens with zero attached hydrogens (tertiary/aromatic N) is 2. The van der Waals surface area contributed by atoms with Crippen molar-refractivity contribution in [2.45, 2.75) is 19.4 Å². The number of aryl methyl sites for hydroxylation is 1. The Morgan fingerprint density at radius 1 is 1.67 bits per heavy atom. The quantitative estimate of drug-likeness (QED) is 0.598. The summed E-state index contributed by atoms with van der Waals surface area (Å²) in [5.41, 5.74) is 0. The van der Waals surface area contributed by atoms with Crippen molar-refractivity contribution in [2.75, 3.05) is 0 Å². The van der Waals surface area contributed by atoms with Gasteiger partial charge in [-0.15, -0.1) is 0 Å². The number of unbranched alkanes of at least 4 members (excludes halogenated alkanes) is 1. The monoisotopic (exact) mass is 124 g/mol. The molecule has 0 N–H and O–H groups in total. The summed E-state index contributed by atoms with van der Waals surface area (Å²) >= 11 is 0. The lowest BCUT2D eigenvalue weighted by Crippen LogP contribution is -1.92. The van der Waals surface area contributed by atoms with Gasteiger partial charge in [-0.3, -0.25) is 0 Å². The van der Waals surface area contributed by atoms with Gasteiger partial charge in [0.05, 0.1) is 6.33 Å². The highest BCUT2D eigenvalue weighted by atomic mass is 15.0. The van der Waals surface area contributed by atoms with Crippen LogP contribution in [0.1, 0.15) is 14.3 Å². The van der Waals surface area contributed by atoms with Gasteiger partial charge in [0.15, 0.2) is 0 Å². The zero-order chi connectivity index (χ0) is 6.53. The summed E-state index contributed by atoms with van der Waals surface area (Å²) in [5, 5.41) is 0. The van der Waals surface area contributed by atoms with Crippen LogP contribution in [0, 0.1) is 6.92 Å². The molecule has 1 radical (unpaired) electrons. The molecule has 0 aromatic carbocycles. The number of aromatic nitrogens is 2. The second-order valence-corrected chi connectivity index (χ2v) is 2.01. The van der Waals surface area contributed by atoms with E-state index in [4.69, 9.17) is 0 Å². The second kappa shape index (κ2) is 3.28. The molecule has 0 aliphatic rings. The van der Waals surface area contributed by atoms with Crippen molar-refractivity contribution in [3.63, 3.8) is 0 Å². The molecule has 0 bridgehead atoms. The molecule has 0 amide bonds. The van der Waals surface area contributed by atoms with Crippen LogP contribution in [0.5, 0.6) is 0 Å². The fraction of sp³-hybridized carbons (Fsp3) is 0.429. The van der Waals surface area contributed by atoms with Crippen LogP contribution in [0.4, 0.5) is 0 Å². The molecular formula is C7H12N2+. The van der Waals surface area contributed by atoms with Crippen molar-refractivity contribution >= 4 is 0 Å².